The fourth-order valence-corrected chi connectivity index (χ4v) is 2.38. The Kier molecular flexibility index (Phi) is 3.62. The highest BCUT2D eigenvalue weighted by Crippen LogP contribution is 2.31. The van der Waals surface area contributed by atoms with E-state index in [4.69, 9.17) is 10.5 Å². The molecule has 0 spiro atoms. The summed E-state index contributed by atoms with van der Waals surface area (Å²) in [6.07, 6.45) is 7.76. The Balaban J connectivity index is 1.71. The summed E-state index contributed by atoms with van der Waals surface area (Å²) < 4.78 is 5.42. The van der Waals surface area contributed by atoms with Crippen molar-refractivity contribution in [1.82, 2.24) is 0 Å². The lowest BCUT2D eigenvalue weighted by Crippen LogP contribution is -2.32. The quantitative estimate of drug-likeness (QED) is 0.725. The second kappa shape index (κ2) is 4.97. The number of hydrogen-bond acceptors (Lipinski definition) is 3. The van der Waals surface area contributed by atoms with Crippen molar-refractivity contribution in [1.29, 1.82) is 0 Å². The average molecular weight is 211 g/mol. The van der Waals surface area contributed by atoms with Gasteiger partial charge in [-0.2, -0.15) is 0 Å². The SMILES string of the molecule is NCC1CCC(C(=O)OC2CCC2)CC1. The van der Waals surface area contributed by atoms with Gasteiger partial charge in [0.25, 0.3) is 0 Å². The van der Waals surface area contributed by atoms with Gasteiger partial charge in [0.1, 0.15) is 6.10 Å². The Morgan fingerprint density at radius 2 is 1.80 bits per heavy atom. The van der Waals surface area contributed by atoms with Crippen molar-refractivity contribution in [3.63, 3.8) is 0 Å². The maximum atomic E-state index is 11.7. The monoisotopic (exact) mass is 211 g/mol. The molecule has 0 saturated heterocycles. The predicted molar refractivity (Wildman–Crippen MR) is 58.2 cm³/mol. The molecule has 2 aliphatic carbocycles. The van der Waals surface area contributed by atoms with Gasteiger partial charge in [0.2, 0.25) is 0 Å². The van der Waals surface area contributed by atoms with Crippen LogP contribution in [0.1, 0.15) is 44.9 Å². The molecule has 2 rings (SSSR count). The zero-order chi connectivity index (χ0) is 10.7. The van der Waals surface area contributed by atoms with Gasteiger partial charge in [-0.15, -0.1) is 0 Å². The molecule has 0 unspecified atom stereocenters. The summed E-state index contributed by atoms with van der Waals surface area (Å²) in [5.74, 6) is 0.848. The fourth-order valence-electron chi connectivity index (χ4n) is 2.38. The van der Waals surface area contributed by atoms with Gasteiger partial charge in [0.05, 0.1) is 5.92 Å². The van der Waals surface area contributed by atoms with E-state index in [0.29, 0.717) is 5.92 Å². The Morgan fingerprint density at radius 3 is 2.27 bits per heavy atom. The van der Waals surface area contributed by atoms with Crippen molar-refractivity contribution in [2.45, 2.75) is 51.0 Å². The molecule has 0 heterocycles. The van der Waals surface area contributed by atoms with Gasteiger partial charge in [0, 0.05) is 0 Å². The minimum atomic E-state index is 0.0511. The summed E-state index contributed by atoms with van der Waals surface area (Å²) in [5.41, 5.74) is 5.62. The van der Waals surface area contributed by atoms with Gasteiger partial charge in [0.15, 0.2) is 0 Å². The number of esters is 1. The summed E-state index contributed by atoms with van der Waals surface area (Å²) in [7, 11) is 0. The number of carbonyl (C=O) groups is 1. The smallest absolute Gasteiger partial charge is 0.309 e. The molecular formula is C12H21NO2. The molecular weight excluding hydrogens is 190 g/mol. The van der Waals surface area contributed by atoms with Crippen molar-refractivity contribution in [3.8, 4) is 0 Å². The van der Waals surface area contributed by atoms with E-state index < -0.39 is 0 Å². The molecule has 0 radical (unpaired) electrons. The Labute approximate surface area is 91.4 Å². The third-order valence-electron chi connectivity index (χ3n) is 3.85. The lowest BCUT2D eigenvalue weighted by Gasteiger charge is -2.30. The minimum absolute atomic E-state index is 0.0511. The topological polar surface area (TPSA) is 52.3 Å². The molecule has 15 heavy (non-hydrogen) atoms. The van der Waals surface area contributed by atoms with Crippen LogP contribution in [-0.2, 0) is 9.53 Å². The van der Waals surface area contributed by atoms with Gasteiger partial charge >= 0.3 is 5.97 Å². The van der Waals surface area contributed by atoms with Gasteiger partial charge in [-0.25, -0.2) is 0 Å². The van der Waals surface area contributed by atoms with Crippen LogP contribution in [0.25, 0.3) is 0 Å². The first-order chi connectivity index (χ1) is 7.29. The van der Waals surface area contributed by atoms with Gasteiger partial charge in [-0.3, -0.25) is 4.79 Å². The van der Waals surface area contributed by atoms with Gasteiger partial charge < -0.3 is 10.5 Å². The summed E-state index contributed by atoms with van der Waals surface area (Å²) in [6.45, 7) is 0.768. The molecule has 2 aliphatic rings. The second-order valence-electron chi connectivity index (χ2n) is 4.94. The van der Waals surface area contributed by atoms with Crippen molar-refractivity contribution < 1.29 is 9.53 Å². The Hall–Kier alpha value is -0.570. The van der Waals surface area contributed by atoms with Gasteiger partial charge in [-0.05, 0) is 57.4 Å². The van der Waals surface area contributed by atoms with E-state index in [1.165, 1.54) is 6.42 Å². The minimum Gasteiger partial charge on any atom is -0.462 e. The van der Waals surface area contributed by atoms with Crippen molar-refractivity contribution in [2.24, 2.45) is 17.6 Å². The first-order valence-electron chi connectivity index (χ1n) is 6.20. The van der Waals surface area contributed by atoms with E-state index in [1.54, 1.807) is 0 Å². The third kappa shape index (κ3) is 2.71. The molecule has 0 atom stereocenters. The zero-order valence-electron chi connectivity index (χ0n) is 9.28. The summed E-state index contributed by atoms with van der Waals surface area (Å²) in [5, 5.41) is 0. The molecule has 2 N–H and O–H groups in total. The van der Waals surface area contributed by atoms with E-state index in [1.807, 2.05) is 0 Å². The maximum absolute atomic E-state index is 11.7. The second-order valence-corrected chi connectivity index (χ2v) is 4.94. The number of rotatable bonds is 3. The molecule has 0 aromatic rings. The summed E-state index contributed by atoms with van der Waals surface area (Å²) in [4.78, 5) is 11.7. The van der Waals surface area contributed by atoms with E-state index in [0.717, 1.165) is 45.1 Å². The highest BCUT2D eigenvalue weighted by molar-refractivity contribution is 5.72. The van der Waals surface area contributed by atoms with Crippen molar-refractivity contribution in [2.75, 3.05) is 6.54 Å². The molecule has 0 aromatic carbocycles. The lowest BCUT2D eigenvalue weighted by atomic mass is 9.82. The van der Waals surface area contributed by atoms with Crippen molar-refractivity contribution in [3.05, 3.63) is 0 Å². The number of nitrogens with two attached hydrogens (primary N) is 1. The standard InChI is InChI=1S/C12H21NO2/c13-8-9-4-6-10(7-5-9)12(14)15-11-2-1-3-11/h9-11H,1-8,13H2. The van der Waals surface area contributed by atoms with E-state index in [2.05, 4.69) is 0 Å². The molecule has 86 valence electrons. The molecule has 0 aromatic heterocycles. The Bertz CT molecular complexity index is 218. The highest BCUT2D eigenvalue weighted by Gasteiger charge is 2.30. The summed E-state index contributed by atoms with van der Waals surface area (Å²) in [6, 6.07) is 0. The zero-order valence-corrected chi connectivity index (χ0v) is 9.28. The van der Waals surface area contributed by atoms with Crippen LogP contribution in [0.2, 0.25) is 0 Å². The third-order valence-corrected chi connectivity index (χ3v) is 3.85. The normalized spacial score (nSPS) is 32.1. The van der Waals surface area contributed by atoms with Crippen LogP contribution in [0.4, 0.5) is 0 Å². The van der Waals surface area contributed by atoms with Crippen LogP contribution < -0.4 is 5.73 Å². The van der Waals surface area contributed by atoms with Crippen LogP contribution in [0.5, 0.6) is 0 Å². The van der Waals surface area contributed by atoms with Crippen LogP contribution in [-0.4, -0.2) is 18.6 Å². The van der Waals surface area contributed by atoms with Crippen molar-refractivity contribution >= 4 is 5.97 Å². The molecule has 0 bridgehead atoms. The number of carbonyl (C=O) groups excluding carboxylic acids is 1. The highest BCUT2D eigenvalue weighted by atomic mass is 16.5. The molecule has 0 aliphatic heterocycles. The van der Waals surface area contributed by atoms with E-state index in [-0.39, 0.29) is 18.0 Å². The van der Waals surface area contributed by atoms with Crippen LogP contribution in [0.3, 0.4) is 0 Å². The molecule has 2 fully saturated rings. The molecule has 3 heteroatoms. The summed E-state index contributed by atoms with van der Waals surface area (Å²) >= 11 is 0. The van der Waals surface area contributed by atoms with E-state index in [9.17, 15) is 4.79 Å². The fraction of sp³-hybridized carbons (Fsp3) is 0.917. The predicted octanol–water partition coefficient (Wildman–Crippen LogP) is 1.85. The van der Waals surface area contributed by atoms with Crippen LogP contribution in [0.15, 0.2) is 0 Å². The largest absolute Gasteiger partial charge is 0.462 e. The maximum Gasteiger partial charge on any atom is 0.309 e. The molecule has 3 nitrogen and oxygen atoms in total. The van der Waals surface area contributed by atoms with Gasteiger partial charge in [-0.1, -0.05) is 0 Å². The van der Waals surface area contributed by atoms with Crippen LogP contribution >= 0.6 is 0 Å². The lowest BCUT2D eigenvalue weighted by molar-refractivity contribution is -0.159. The Morgan fingerprint density at radius 1 is 1.13 bits per heavy atom. The molecule has 0 amide bonds. The van der Waals surface area contributed by atoms with Crippen LogP contribution in [0, 0.1) is 11.8 Å². The molecule has 2 saturated carbocycles. The first kappa shape index (κ1) is 10.9. The number of ether oxygens (including phenoxy) is 1. The first-order valence-corrected chi connectivity index (χ1v) is 6.20. The van der Waals surface area contributed by atoms with E-state index >= 15 is 0 Å². The average Bonchev–Trinajstić information content (AvgIpc) is 2.23. The number of hydrogen-bond donors (Lipinski definition) is 1.